The van der Waals surface area contributed by atoms with Crippen molar-refractivity contribution in [2.45, 2.75) is 26.8 Å². The van der Waals surface area contributed by atoms with E-state index in [4.69, 9.17) is 11.6 Å². The highest BCUT2D eigenvalue weighted by Crippen LogP contribution is 2.23. The lowest BCUT2D eigenvalue weighted by Gasteiger charge is -2.17. The van der Waals surface area contributed by atoms with Crippen LogP contribution in [0.1, 0.15) is 23.1 Å². The Balaban J connectivity index is 1.51. The van der Waals surface area contributed by atoms with Crippen molar-refractivity contribution >= 4 is 35.0 Å². The van der Waals surface area contributed by atoms with Gasteiger partial charge in [0, 0.05) is 30.2 Å². The molecular weight excluding hydrogens is 390 g/mol. The van der Waals surface area contributed by atoms with Crippen LogP contribution in [0.5, 0.6) is 0 Å². The Labute approximate surface area is 175 Å². The summed E-state index contributed by atoms with van der Waals surface area (Å²) in [6.07, 6.45) is 0.134. The highest BCUT2D eigenvalue weighted by atomic mass is 35.5. The second kappa shape index (κ2) is 9.09. The Morgan fingerprint density at radius 3 is 2.66 bits per heavy atom. The number of amides is 3. The van der Waals surface area contributed by atoms with Crippen molar-refractivity contribution in [2.24, 2.45) is 5.92 Å². The number of likely N-dealkylation sites (tertiary alicyclic amines) is 1. The lowest BCUT2D eigenvalue weighted by molar-refractivity contribution is -0.129. The minimum absolute atomic E-state index is 0.0927. The number of carbonyl (C=O) groups is 3. The number of hydrogen-bond acceptors (Lipinski definition) is 3. The van der Waals surface area contributed by atoms with Crippen molar-refractivity contribution in [1.29, 1.82) is 0 Å². The Hall–Kier alpha value is -2.86. The van der Waals surface area contributed by atoms with Crippen molar-refractivity contribution in [3.8, 4) is 0 Å². The van der Waals surface area contributed by atoms with E-state index in [1.807, 2.05) is 50.2 Å². The molecule has 1 fully saturated rings. The molecule has 1 aliphatic heterocycles. The number of benzene rings is 2. The van der Waals surface area contributed by atoms with Crippen LogP contribution in [0.3, 0.4) is 0 Å². The van der Waals surface area contributed by atoms with Gasteiger partial charge in [-0.1, -0.05) is 41.9 Å². The smallest absolute Gasteiger partial charge is 0.243 e. The molecule has 2 aromatic carbocycles. The fraction of sp³-hybridized carbons (Fsp3) is 0.318. The van der Waals surface area contributed by atoms with Gasteiger partial charge in [0.05, 0.1) is 12.5 Å². The van der Waals surface area contributed by atoms with Crippen molar-refractivity contribution < 1.29 is 14.4 Å². The quantitative estimate of drug-likeness (QED) is 0.763. The maximum atomic E-state index is 12.4. The molecule has 3 rings (SSSR count). The SMILES string of the molecule is Cc1cccc(NC(=O)CNC(=O)C2CC(=O)N(Cc3ccccc3Cl)C2)c1C. The van der Waals surface area contributed by atoms with E-state index in [1.54, 1.807) is 11.0 Å². The van der Waals surface area contributed by atoms with Crippen LogP contribution < -0.4 is 10.6 Å². The van der Waals surface area contributed by atoms with Crippen molar-refractivity contribution in [2.75, 3.05) is 18.4 Å². The second-order valence-corrected chi connectivity index (χ2v) is 7.69. The van der Waals surface area contributed by atoms with Gasteiger partial charge in [0.2, 0.25) is 17.7 Å². The molecule has 2 aromatic rings. The summed E-state index contributed by atoms with van der Waals surface area (Å²) in [6, 6.07) is 13.0. The summed E-state index contributed by atoms with van der Waals surface area (Å²) in [5.74, 6) is -1.16. The first-order chi connectivity index (χ1) is 13.8. The summed E-state index contributed by atoms with van der Waals surface area (Å²) in [6.45, 7) is 4.45. The number of carbonyl (C=O) groups excluding carboxylic acids is 3. The maximum Gasteiger partial charge on any atom is 0.243 e. The van der Waals surface area contributed by atoms with E-state index in [0.29, 0.717) is 18.1 Å². The zero-order valence-corrected chi connectivity index (χ0v) is 17.3. The predicted octanol–water partition coefficient (Wildman–Crippen LogP) is 3.06. The first-order valence-electron chi connectivity index (χ1n) is 9.50. The minimum atomic E-state index is -0.474. The molecule has 0 saturated carbocycles. The molecule has 0 spiro atoms. The van der Waals surface area contributed by atoms with E-state index in [1.165, 1.54) is 0 Å². The molecule has 2 N–H and O–H groups in total. The minimum Gasteiger partial charge on any atom is -0.347 e. The van der Waals surface area contributed by atoms with Crippen LogP contribution in [0, 0.1) is 19.8 Å². The molecule has 152 valence electrons. The zero-order chi connectivity index (χ0) is 21.0. The number of nitrogens with zero attached hydrogens (tertiary/aromatic N) is 1. The summed E-state index contributed by atoms with van der Waals surface area (Å²) in [5, 5.41) is 6.04. The normalized spacial score (nSPS) is 16.0. The molecule has 1 saturated heterocycles. The van der Waals surface area contributed by atoms with Gasteiger partial charge in [0.1, 0.15) is 0 Å². The highest BCUT2D eigenvalue weighted by Gasteiger charge is 2.34. The molecule has 1 atom stereocenters. The topological polar surface area (TPSA) is 78.5 Å². The number of anilines is 1. The lowest BCUT2D eigenvalue weighted by atomic mass is 10.1. The molecule has 1 aliphatic rings. The fourth-order valence-corrected chi connectivity index (χ4v) is 3.52. The first-order valence-corrected chi connectivity index (χ1v) is 9.88. The van der Waals surface area contributed by atoms with E-state index in [2.05, 4.69) is 10.6 Å². The molecule has 1 heterocycles. The van der Waals surface area contributed by atoms with Gasteiger partial charge in [-0.05, 0) is 42.7 Å². The lowest BCUT2D eigenvalue weighted by Crippen LogP contribution is -2.38. The van der Waals surface area contributed by atoms with E-state index in [9.17, 15) is 14.4 Å². The predicted molar refractivity (Wildman–Crippen MR) is 113 cm³/mol. The second-order valence-electron chi connectivity index (χ2n) is 7.28. The molecule has 29 heavy (non-hydrogen) atoms. The van der Waals surface area contributed by atoms with Crippen LogP contribution in [0.4, 0.5) is 5.69 Å². The van der Waals surface area contributed by atoms with Crippen molar-refractivity contribution in [3.63, 3.8) is 0 Å². The number of rotatable bonds is 6. The summed E-state index contributed by atoms with van der Waals surface area (Å²) >= 11 is 6.16. The molecule has 1 unspecified atom stereocenters. The van der Waals surface area contributed by atoms with Crippen molar-refractivity contribution in [1.82, 2.24) is 10.2 Å². The van der Waals surface area contributed by atoms with Gasteiger partial charge in [-0.2, -0.15) is 0 Å². The van der Waals surface area contributed by atoms with Gasteiger partial charge in [-0.15, -0.1) is 0 Å². The molecule has 3 amide bonds. The molecule has 0 bridgehead atoms. The average Bonchev–Trinajstić information content (AvgIpc) is 3.06. The Kier molecular flexibility index (Phi) is 6.54. The third kappa shape index (κ3) is 5.15. The zero-order valence-electron chi connectivity index (χ0n) is 16.5. The standard InChI is InChI=1S/C22H24ClN3O3/c1-14-6-5-9-19(15(14)2)25-20(27)11-24-22(29)17-10-21(28)26(13-17)12-16-7-3-4-8-18(16)23/h3-9,17H,10-13H2,1-2H3,(H,24,29)(H,25,27). The maximum absolute atomic E-state index is 12.4. The monoisotopic (exact) mass is 413 g/mol. The summed E-state index contributed by atoms with van der Waals surface area (Å²) in [5.41, 5.74) is 3.64. The molecule has 6 nitrogen and oxygen atoms in total. The van der Waals surface area contributed by atoms with E-state index in [-0.39, 0.29) is 30.7 Å². The molecule has 0 aliphatic carbocycles. The summed E-state index contributed by atoms with van der Waals surface area (Å²) in [4.78, 5) is 38.5. The van der Waals surface area contributed by atoms with Crippen LogP contribution in [0.25, 0.3) is 0 Å². The third-order valence-electron chi connectivity index (χ3n) is 5.21. The number of halogens is 1. The van der Waals surface area contributed by atoms with Crippen LogP contribution >= 0.6 is 11.6 Å². The van der Waals surface area contributed by atoms with Gasteiger partial charge in [0.25, 0.3) is 0 Å². The largest absolute Gasteiger partial charge is 0.347 e. The summed E-state index contributed by atoms with van der Waals surface area (Å²) < 4.78 is 0. The van der Waals surface area contributed by atoms with Crippen LogP contribution in [0.15, 0.2) is 42.5 Å². The average molecular weight is 414 g/mol. The molecular formula is C22H24ClN3O3. The molecule has 7 heteroatoms. The number of nitrogens with one attached hydrogen (secondary N) is 2. The van der Waals surface area contributed by atoms with Crippen LogP contribution in [-0.2, 0) is 20.9 Å². The number of aryl methyl sites for hydroxylation is 1. The Bertz CT molecular complexity index is 945. The Morgan fingerprint density at radius 2 is 1.90 bits per heavy atom. The summed E-state index contributed by atoms with van der Waals surface area (Å²) in [7, 11) is 0. The highest BCUT2D eigenvalue weighted by molar-refractivity contribution is 6.31. The third-order valence-corrected chi connectivity index (χ3v) is 5.57. The van der Waals surface area contributed by atoms with E-state index < -0.39 is 5.92 Å². The fourth-order valence-electron chi connectivity index (χ4n) is 3.33. The van der Waals surface area contributed by atoms with Gasteiger partial charge in [0.15, 0.2) is 0 Å². The Morgan fingerprint density at radius 1 is 1.14 bits per heavy atom. The van der Waals surface area contributed by atoms with Gasteiger partial charge in [-0.25, -0.2) is 0 Å². The van der Waals surface area contributed by atoms with Crippen molar-refractivity contribution in [3.05, 3.63) is 64.2 Å². The molecule has 0 radical (unpaired) electrons. The van der Waals surface area contributed by atoms with Gasteiger partial charge in [-0.3, -0.25) is 14.4 Å². The van der Waals surface area contributed by atoms with E-state index >= 15 is 0 Å². The number of hydrogen-bond donors (Lipinski definition) is 2. The molecule has 0 aromatic heterocycles. The van der Waals surface area contributed by atoms with Crippen LogP contribution in [0.2, 0.25) is 5.02 Å². The first kappa shape index (κ1) is 20.9. The van der Waals surface area contributed by atoms with Crippen LogP contribution in [-0.4, -0.2) is 35.7 Å². The van der Waals surface area contributed by atoms with E-state index in [0.717, 1.165) is 22.4 Å². The van der Waals surface area contributed by atoms with Gasteiger partial charge >= 0.3 is 0 Å². The van der Waals surface area contributed by atoms with Gasteiger partial charge < -0.3 is 15.5 Å².